The summed E-state index contributed by atoms with van der Waals surface area (Å²) in [4.78, 5) is 26.7. The minimum atomic E-state index is -0.912. The fourth-order valence-corrected chi connectivity index (χ4v) is 3.46. The Morgan fingerprint density at radius 3 is 2.36 bits per heavy atom. The van der Waals surface area contributed by atoms with Gasteiger partial charge >= 0.3 is 5.97 Å². The third-order valence-electron chi connectivity index (χ3n) is 4.24. The van der Waals surface area contributed by atoms with Crippen LogP contribution in [0.15, 0.2) is 42.5 Å². The number of nitrogens with zero attached hydrogens (tertiary/aromatic N) is 1. The first-order chi connectivity index (χ1) is 12.0. The molecule has 0 bridgehead atoms. The number of ether oxygens (including phenoxy) is 1. The zero-order valence-electron chi connectivity index (χ0n) is 13.7. The van der Waals surface area contributed by atoms with Gasteiger partial charge in [-0.2, -0.15) is 0 Å². The summed E-state index contributed by atoms with van der Waals surface area (Å²) in [6, 6.07) is 12.8. The van der Waals surface area contributed by atoms with Crippen LogP contribution in [0.5, 0.6) is 0 Å². The molecule has 1 aliphatic heterocycles. The molecule has 0 fully saturated rings. The number of esters is 1. The van der Waals surface area contributed by atoms with Gasteiger partial charge in [0.2, 0.25) is 0 Å². The van der Waals surface area contributed by atoms with Crippen molar-refractivity contribution in [3.8, 4) is 0 Å². The van der Waals surface area contributed by atoms with Crippen molar-refractivity contribution in [3.05, 3.63) is 69.2 Å². The standard InChI is InChI=1S/C19H17Cl2NO3/c1-12(25-19(24)17-15(20)7-4-8-16(17)21)18(23)22-10-9-13-5-2-3-6-14(13)11-22/h2-8,12H,9-11H2,1H3/t12-/m0/s1. The third kappa shape index (κ3) is 3.80. The molecular weight excluding hydrogens is 361 g/mol. The number of halogens is 2. The van der Waals surface area contributed by atoms with E-state index in [1.165, 1.54) is 5.56 Å². The first-order valence-electron chi connectivity index (χ1n) is 7.98. The molecule has 0 saturated carbocycles. The Balaban J connectivity index is 1.68. The second-order valence-electron chi connectivity index (χ2n) is 5.92. The van der Waals surface area contributed by atoms with Gasteiger partial charge in [0.1, 0.15) is 0 Å². The fourth-order valence-electron chi connectivity index (χ4n) is 2.90. The predicted octanol–water partition coefficient (Wildman–Crippen LogP) is 4.12. The van der Waals surface area contributed by atoms with Crippen LogP contribution in [0.2, 0.25) is 10.0 Å². The first-order valence-corrected chi connectivity index (χ1v) is 8.73. The van der Waals surface area contributed by atoms with E-state index in [1.807, 2.05) is 18.2 Å². The van der Waals surface area contributed by atoms with Gasteiger partial charge in [0.15, 0.2) is 6.10 Å². The number of carbonyl (C=O) groups excluding carboxylic acids is 2. The van der Waals surface area contributed by atoms with E-state index in [0.717, 1.165) is 12.0 Å². The molecule has 6 heteroatoms. The van der Waals surface area contributed by atoms with E-state index in [1.54, 1.807) is 30.0 Å². The fraction of sp³-hybridized carbons (Fsp3) is 0.263. The molecule has 0 radical (unpaired) electrons. The van der Waals surface area contributed by atoms with Crippen molar-refractivity contribution in [3.63, 3.8) is 0 Å². The number of benzene rings is 2. The second-order valence-corrected chi connectivity index (χ2v) is 6.74. The van der Waals surface area contributed by atoms with Crippen molar-refractivity contribution in [1.82, 2.24) is 4.90 Å². The number of hydrogen-bond acceptors (Lipinski definition) is 3. The van der Waals surface area contributed by atoms with Crippen LogP contribution in [-0.2, 0) is 22.5 Å². The molecule has 4 nitrogen and oxygen atoms in total. The van der Waals surface area contributed by atoms with Crippen molar-refractivity contribution >= 4 is 35.1 Å². The monoisotopic (exact) mass is 377 g/mol. The Labute approximate surface area is 156 Å². The largest absolute Gasteiger partial charge is 0.449 e. The maximum absolute atomic E-state index is 12.6. The first kappa shape index (κ1) is 17.8. The van der Waals surface area contributed by atoms with Gasteiger partial charge in [-0.15, -0.1) is 0 Å². The van der Waals surface area contributed by atoms with Crippen LogP contribution in [0.3, 0.4) is 0 Å². The Morgan fingerprint density at radius 1 is 1.04 bits per heavy atom. The Morgan fingerprint density at radius 2 is 1.68 bits per heavy atom. The quantitative estimate of drug-likeness (QED) is 0.755. The molecule has 25 heavy (non-hydrogen) atoms. The zero-order valence-corrected chi connectivity index (χ0v) is 15.2. The van der Waals surface area contributed by atoms with Crippen molar-refractivity contribution in [1.29, 1.82) is 0 Å². The van der Waals surface area contributed by atoms with Gasteiger partial charge in [0.05, 0.1) is 15.6 Å². The normalized spacial score (nSPS) is 14.6. The van der Waals surface area contributed by atoms with E-state index >= 15 is 0 Å². The molecule has 1 atom stereocenters. The van der Waals surface area contributed by atoms with Crippen LogP contribution < -0.4 is 0 Å². The molecule has 0 aliphatic carbocycles. The van der Waals surface area contributed by atoms with Crippen molar-refractivity contribution < 1.29 is 14.3 Å². The van der Waals surface area contributed by atoms with E-state index in [9.17, 15) is 9.59 Å². The van der Waals surface area contributed by atoms with Gasteiger partial charge < -0.3 is 9.64 Å². The molecule has 1 aliphatic rings. The van der Waals surface area contributed by atoms with Crippen LogP contribution in [0.4, 0.5) is 0 Å². The molecular formula is C19H17Cl2NO3. The minimum Gasteiger partial charge on any atom is -0.449 e. The summed E-state index contributed by atoms with van der Waals surface area (Å²) in [7, 11) is 0. The summed E-state index contributed by atoms with van der Waals surface area (Å²) in [5.41, 5.74) is 2.45. The molecule has 2 aromatic rings. The van der Waals surface area contributed by atoms with Gasteiger partial charge in [-0.1, -0.05) is 53.5 Å². The average Bonchev–Trinajstić information content (AvgIpc) is 2.60. The number of carbonyl (C=O) groups is 2. The lowest BCUT2D eigenvalue weighted by Gasteiger charge is -2.30. The van der Waals surface area contributed by atoms with Gasteiger partial charge in [-0.05, 0) is 36.6 Å². The minimum absolute atomic E-state index is 0.0782. The summed E-state index contributed by atoms with van der Waals surface area (Å²) < 4.78 is 5.30. The molecule has 1 amide bonds. The number of rotatable bonds is 3. The van der Waals surface area contributed by atoms with E-state index in [4.69, 9.17) is 27.9 Å². The zero-order chi connectivity index (χ0) is 18.0. The summed E-state index contributed by atoms with van der Waals surface area (Å²) in [5.74, 6) is -0.931. The average molecular weight is 378 g/mol. The van der Waals surface area contributed by atoms with Gasteiger partial charge in [-0.3, -0.25) is 4.79 Å². The predicted molar refractivity (Wildman–Crippen MR) is 96.9 cm³/mol. The van der Waals surface area contributed by atoms with Crippen LogP contribution in [-0.4, -0.2) is 29.4 Å². The third-order valence-corrected chi connectivity index (χ3v) is 4.87. The van der Waals surface area contributed by atoms with Crippen LogP contribution in [0.25, 0.3) is 0 Å². The smallest absolute Gasteiger partial charge is 0.341 e. The molecule has 0 saturated heterocycles. The molecule has 0 N–H and O–H groups in total. The lowest BCUT2D eigenvalue weighted by atomic mass is 9.99. The molecule has 1 heterocycles. The highest BCUT2D eigenvalue weighted by Crippen LogP contribution is 2.26. The van der Waals surface area contributed by atoms with Gasteiger partial charge in [-0.25, -0.2) is 4.79 Å². The highest BCUT2D eigenvalue weighted by Gasteiger charge is 2.28. The van der Waals surface area contributed by atoms with E-state index in [2.05, 4.69) is 6.07 Å². The van der Waals surface area contributed by atoms with E-state index in [0.29, 0.717) is 13.1 Å². The topological polar surface area (TPSA) is 46.6 Å². The van der Waals surface area contributed by atoms with Crippen molar-refractivity contribution in [2.75, 3.05) is 6.54 Å². The Bertz CT molecular complexity index is 802. The molecule has 130 valence electrons. The van der Waals surface area contributed by atoms with E-state index in [-0.39, 0.29) is 21.5 Å². The Hall–Kier alpha value is -2.04. The van der Waals surface area contributed by atoms with Crippen molar-refractivity contribution in [2.24, 2.45) is 0 Å². The molecule has 0 spiro atoms. The molecule has 0 unspecified atom stereocenters. The highest BCUT2D eigenvalue weighted by atomic mass is 35.5. The maximum atomic E-state index is 12.6. The van der Waals surface area contributed by atoms with E-state index < -0.39 is 12.1 Å². The number of hydrogen-bond donors (Lipinski definition) is 0. The number of amides is 1. The van der Waals surface area contributed by atoms with Crippen LogP contribution >= 0.6 is 23.2 Å². The SMILES string of the molecule is C[C@H](OC(=O)c1c(Cl)cccc1Cl)C(=O)N1CCc2ccccc2C1. The van der Waals surface area contributed by atoms with Gasteiger partial charge in [0.25, 0.3) is 5.91 Å². The summed E-state index contributed by atoms with van der Waals surface area (Å²) in [5, 5.41) is 0.396. The lowest BCUT2D eigenvalue weighted by Crippen LogP contribution is -2.42. The summed E-state index contributed by atoms with van der Waals surface area (Å²) in [6.45, 7) is 2.68. The number of fused-ring (bicyclic) bond motifs is 1. The Kier molecular flexibility index (Phi) is 5.30. The summed E-state index contributed by atoms with van der Waals surface area (Å²) in [6.07, 6.45) is -0.121. The second kappa shape index (κ2) is 7.46. The molecule has 3 rings (SSSR count). The summed E-state index contributed by atoms with van der Waals surface area (Å²) >= 11 is 12.0. The lowest BCUT2D eigenvalue weighted by molar-refractivity contribution is -0.140. The molecule has 0 aromatic heterocycles. The molecule has 2 aromatic carbocycles. The van der Waals surface area contributed by atoms with Crippen LogP contribution in [0, 0.1) is 0 Å². The maximum Gasteiger partial charge on any atom is 0.341 e. The van der Waals surface area contributed by atoms with Crippen molar-refractivity contribution in [2.45, 2.75) is 26.0 Å². The van der Waals surface area contributed by atoms with Gasteiger partial charge in [0, 0.05) is 13.1 Å². The van der Waals surface area contributed by atoms with Crippen LogP contribution in [0.1, 0.15) is 28.4 Å². The highest BCUT2D eigenvalue weighted by molar-refractivity contribution is 6.39.